The molecule has 1 saturated heterocycles. The molecular formula is C20H20AsFN4O2. The molecule has 0 aliphatic carbocycles. The number of carbonyl (C=O) groups is 1. The fraction of sp³-hybridized carbons (Fsp3) is 0.300. The Balaban J connectivity index is 1.64. The van der Waals surface area contributed by atoms with Gasteiger partial charge in [0.1, 0.15) is 0 Å². The van der Waals surface area contributed by atoms with Gasteiger partial charge in [-0.2, -0.15) is 0 Å². The van der Waals surface area contributed by atoms with Crippen LogP contribution in [0, 0.1) is 5.82 Å². The Bertz CT molecular complexity index is 992. The molecule has 0 bridgehead atoms. The SMILES string of the molecule is CN1C(=O)NN=C2COc3cc(-c4cccc(F)c4)c([AsH]C4CNC4)cc3C21. The third-order valence-electron chi connectivity index (χ3n) is 5.42. The predicted molar refractivity (Wildman–Crippen MR) is 107 cm³/mol. The van der Waals surface area contributed by atoms with Gasteiger partial charge in [0.2, 0.25) is 0 Å². The van der Waals surface area contributed by atoms with E-state index in [1.165, 1.54) is 10.4 Å². The van der Waals surface area contributed by atoms with Gasteiger partial charge in [0, 0.05) is 0 Å². The zero-order chi connectivity index (χ0) is 19.3. The summed E-state index contributed by atoms with van der Waals surface area (Å²) >= 11 is -0.433. The number of halogens is 1. The van der Waals surface area contributed by atoms with E-state index < -0.39 is 15.8 Å². The number of rotatable bonds is 3. The molecular weight excluding hydrogens is 422 g/mol. The van der Waals surface area contributed by atoms with Crippen molar-refractivity contribution in [3.63, 3.8) is 0 Å². The van der Waals surface area contributed by atoms with Crippen molar-refractivity contribution in [2.75, 3.05) is 26.7 Å². The number of hydrazone groups is 1. The summed E-state index contributed by atoms with van der Waals surface area (Å²) in [5.41, 5.74) is 6.19. The van der Waals surface area contributed by atoms with E-state index in [-0.39, 0.29) is 17.9 Å². The van der Waals surface area contributed by atoms with Gasteiger partial charge in [0.25, 0.3) is 0 Å². The normalized spacial score (nSPS) is 21.5. The Hall–Kier alpha value is -2.37. The van der Waals surface area contributed by atoms with Gasteiger partial charge in [-0.25, -0.2) is 0 Å². The number of nitrogens with zero attached hydrogens (tertiary/aromatic N) is 2. The fourth-order valence-electron chi connectivity index (χ4n) is 3.81. The molecule has 3 aliphatic rings. The van der Waals surface area contributed by atoms with E-state index in [0.29, 0.717) is 11.3 Å². The molecule has 0 aromatic heterocycles. The Kier molecular flexibility index (Phi) is 4.37. The third-order valence-corrected chi connectivity index (χ3v) is 8.65. The van der Waals surface area contributed by atoms with Crippen molar-refractivity contribution in [2.45, 2.75) is 10.7 Å². The predicted octanol–water partition coefficient (Wildman–Crippen LogP) is 1.39. The first-order valence-electron chi connectivity index (χ1n) is 9.23. The van der Waals surface area contributed by atoms with Crippen molar-refractivity contribution in [3.8, 4) is 16.9 Å². The van der Waals surface area contributed by atoms with E-state index in [1.807, 2.05) is 12.1 Å². The summed E-state index contributed by atoms with van der Waals surface area (Å²) in [4.78, 5) is 13.8. The summed E-state index contributed by atoms with van der Waals surface area (Å²) < 4.78 is 21.8. The van der Waals surface area contributed by atoms with Crippen LogP contribution in [0.2, 0.25) is 4.71 Å². The number of hydrogen-bond acceptors (Lipinski definition) is 4. The molecule has 3 aliphatic heterocycles. The first kappa shape index (κ1) is 17.7. The van der Waals surface area contributed by atoms with Crippen molar-refractivity contribution in [3.05, 3.63) is 47.8 Å². The number of ether oxygens (including phenoxy) is 1. The zero-order valence-corrected chi connectivity index (χ0v) is 17.4. The average Bonchev–Trinajstić information content (AvgIpc) is 2.66. The van der Waals surface area contributed by atoms with Crippen LogP contribution in [0.4, 0.5) is 9.18 Å². The van der Waals surface area contributed by atoms with Gasteiger partial charge in [-0.3, -0.25) is 0 Å². The minimum atomic E-state index is -0.433. The fourth-order valence-corrected chi connectivity index (χ4v) is 7.05. The molecule has 5 rings (SSSR count). The van der Waals surface area contributed by atoms with Crippen LogP contribution >= 0.6 is 0 Å². The van der Waals surface area contributed by atoms with E-state index in [9.17, 15) is 9.18 Å². The molecule has 8 heteroatoms. The number of nitrogens with one attached hydrogen (secondary N) is 2. The first-order chi connectivity index (χ1) is 13.6. The number of benzene rings is 2. The molecule has 2 N–H and O–H groups in total. The van der Waals surface area contributed by atoms with Gasteiger partial charge in [0.05, 0.1) is 0 Å². The second-order valence-electron chi connectivity index (χ2n) is 7.27. The monoisotopic (exact) mass is 442 g/mol. The molecule has 2 amide bonds. The average molecular weight is 442 g/mol. The Morgan fingerprint density at radius 3 is 2.89 bits per heavy atom. The van der Waals surface area contributed by atoms with Crippen LogP contribution in [0.1, 0.15) is 11.6 Å². The maximum absolute atomic E-state index is 13.9. The number of carbonyl (C=O) groups excluding carboxylic acids is 1. The Morgan fingerprint density at radius 2 is 2.14 bits per heavy atom. The molecule has 1 fully saturated rings. The Labute approximate surface area is 168 Å². The topological polar surface area (TPSA) is 66.0 Å². The second-order valence-corrected chi connectivity index (χ2v) is 10.7. The summed E-state index contributed by atoms with van der Waals surface area (Å²) in [5, 5.41) is 7.53. The van der Waals surface area contributed by atoms with E-state index in [2.05, 4.69) is 21.9 Å². The van der Waals surface area contributed by atoms with E-state index in [0.717, 1.165) is 41.2 Å². The van der Waals surface area contributed by atoms with Crippen LogP contribution < -0.4 is 19.8 Å². The summed E-state index contributed by atoms with van der Waals surface area (Å²) in [5.74, 6) is 0.498. The molecule has 0 radical (unpaired) electrons. The van der Waals surface area contributed by atoms with Crippen molar-refractivity contribution >= 4 is 31.8 Å². The quantitative estimate of drug-likeness (QED) is 0.707. The molecule has 28 heavy (non-hydrogen) atoms. The molecule has 0 saturated carbocycles. The van der Waals surface area contributed by atoms with Gasteiger partial charge in [-0.1, -0.05) is 0 Å². The number of hydrogen-bond donors (Lipinski definition) is 2. The molecule has 144 valence electrons. The van der Waals surface area contributed by atoms with Crippen LogP contribution in [-0.2, 0) is 0 Å². The summed E-state index contributed by atoms with van der Waals surface area (Å²) in [6.07, 6.45) is 0. The van der Waals surface area contributed by atoms with Gasteiger partial charge >= 0.3 is 169 Å². The summed E-state index contributed by atoms with van der Waals surface area (Å²) in [7, 11) is 1.77. The van der Waals surface area contributed by atoms with Crippen LogP contribution in [0.5, 0.6) is 5.75 Å². The standard InChI is InChI=1S/C20H20AsFN4O2/c1-26-19-15-6-16(21-12-8-23-9-12)14(11-3-2-4-13(22)5-11)7-18(15)28-10-17(19)24-25-20(26)27/h2-7,12,19,21,23H,8-10H2,1H3,(H,25,27). The van der Waals surface area contributed by atoms with Crippen molar-refractivity contribution in [1.29, 1.82) is 0 Å². The van der Waals surface area contributed by atoms with Crippen molar-refractivity contribution in [1.82, 2.24) is 15.6 Å². The number of fused-ring (bicyclic) bond motifs is 3. The molecule has 2 unspecified atom stereocenters. The van der Waals surface area contributed by atoms with E-state index >= 15 is 0 Å². The number of amides is 2. The summed E-state index contributed by atoms with van der Waals surface area (Å²) in [6.45, 7) is 2.40. The molecule has 2 aromatic carbocycles. The van der Waals surface area contributed by atoms with Crippen LogP contribution in [0.3, 0.4) is 0 Å². The minimum absolute atomic E-state index is 0.219. The van der Waals surface area contributed by atoms with Crippen molar-refractivity contribution in [2.24, 2.45) is 5.10 Å². The van der Waals surface area contributed by atoms with Gasteiger partial charge in [-0.05, 0) is 0 Å². The molecule has 0 spiro atoms. The summed E-state index contributed by atoms with van der Waals surface area (Å²) in [6, 6.07) is 10.5. The zero-order valence-electron chi connectivity index (χ0n) is 15.3. The molecule has 2 atom stereocenters. The van der Waals surface area contributed by atoms with E-state index in [4.69, 9.17) is 4.74 Å². The molecule has 2 aromatic rings. The van der Waals surface area contributed by atoms with Crippen LogP contribution in [0.15, 0.2) is 41.5 Å². The molecule has 3 heterocycles. The molecule has 6 nitrogen and oxygen atoms in total. The van der Waals surface area contributed by atoms with Gasteiger partial charge in [-0.15, -0.1) is 0 Å². The van der Waals surface area contributed by atoms with Gasteiger partial charge < -0.3 is 0 Å². The second kappa shape index (κ2) is 6.90. The first-order valence-corrected chi connectivity index (χ1v) is 11.5. The van der Waals surface area contributed by atoms with Crippen LogP contribution in [0.25, 0.3) is 11.1 Å². The number of urea groups is 1. The van der Waals surface area contributed by atoms with E-state index in [1.54, 1.807) is 24.1 Å². The van der Waals surface area contributed by atoms with Gasteiger partial charge in [0.15, 0.2) is 0 Å². The maximum atomic E-state index is 13.9. The Morgan fingerprint density at radius 1 is 1.29 bits per heavy atom. The van der Waals surface area contributed by atoms with Crippen LogP contribution in [-0.4, -0.2) is 59.1 Å². The third kappa shape index (κ3) is 2.99. The van der Waals surface area contributed by atoms with Crippen molar-refractivity contribution < 1.29 is 13.9 Å².